The van der Waals surface area contributed by atoms with Gasteiger partial charge in [0, 0.05) is 29.6 Å². The Labute approximate surface area is 185 Å². The van der Waals surface area contributed by atoms with Crippen molar-refractivity contribution < 1.29 is 9.53 Å². The lowest BCUT2D eigenvalue weighted by atomic mass is 9.55. The van der Waals surface area contributed by atoms with Crippen molar-refractivity contribution in [2.45, 2.75) is 70.3 Å². The van der Waals surface area contributed by atoms with E-state index in [2.05, 4.69) is 50.3 Å². The van der Waals surface area contributed by atoms with Gasteiger partial charge in [-0.1, -0.05) is 50.3 Å². The van der Waals surface area contributed by atoms with E-state index in [1.54, 1.807) is 7.11 Å². The molecule has 162 valence electrons. The number of benzene rings is 1. The summed E-state index contributed by atoms with van der Waals surface area (Å²) in [6, 6.07) is 10.5. The first-order valence-corrected chi connectivity index (χ1v) is 11.8. The molecule has 0 amide bonds. The summed E-state index contributed by atoms with van der Waals surface area (Å²) in [4.78, 5) is 23.3. The molecule has 0 aliphatic heterocycles. The summed E-state index contributed by atoms with van der Waals surface area (Å²) >= 11 is 0. The van der Waals surface area contributed by atoms with Crippen LogP contribution in [0.5, 0.6) is 0 Å². The second kappa shape index (κ2) is 7.98. The number of aromatic nitrogens is 2. The Hall–Kier alpha value is -2.33. The van der Waals surface area contributed by atoms with Crippen LogP contribution in [0.3, 0.4) is 0 Å². The number of allylic oxidation sites excluding steroid dienone is 2. The van der Waals surface area contributed by atoms with E-state index in [9.17, 15) is 4.79 Å². The van der Waals surface area contributed by atoms with E-state index in [-0.39, 0.29) is 23.2 Å². The highest BCUT2D eigenvalue weighted by Crippen LogP contribution is 2.52. The number of methoxy groups -OCH3 is 1. The average Bonchev–Trinajstić information content (AvgIpc) is 2.82. The molecule has 1 saturated carbocycles. The van der Waals surface area contributed by atoms with E-state index in [4.69, 9.17) is 14.7 Å². The van der Waals surface area contributed by atoms with Crippen molar-refractivity contribution in [1.82, 2.24) is 9.97 Å². The van der Waals surface area contributed by atoms with Gasteiger partial charge in [-0.05, 0) is 56.4 Å². The minimum Gasteiger partial charge on any atom is -0.374 e. The maximum Gasteiger partial charge on any atom is 0.164 e. The van der Waals surface area contributed by atoms with Gasteiger partial charge in [0.15, 0.2) is 11.6 Å². The van der Waals surface area contributed by atoms with Crippen LogP contribution in [0.15, 0.2) is 36.4 Å². The minimum absolute atomic E-state index is 0.00987. The quantitative estimate of drug-likeness (QED) is 0.659. The largest absolute Gasteiger partial charge is 0.374 e. The van der Waals surface area contributed by atoms with Crippen LogP contribution in [-0.4, -0.2) is 29.0 Å². The Kier molecular flexibility index (Phi) is 5.29. The average molecular weight is 417 g/mol. The Bertz CT molecular complexity index is 1030. The summed E-state index contributed by atoms with van der Waals surface area (Å²) in [5.74, 6) is 1.42. The van der Waals surface area contributed by atoms with Crippen molar-refractivity contribution in [3.63, 3.8) is 0 Å². The Morgan fingerprint density at radius 3 is 2.61 bits per heavy atom. The topological polar surface area (TPSA) is 52.1 Å². The van der Waals surface area contributed by atoms with Crippen LogP contribution >= 0.6 is 0 Å². The summed E-state index contributed by atoms with van der Waals surface area (Å²) in [7, 11) is 1.66. The van der Waals surface area contributed by atoms with Crippen molar-refractivity contribution in [2.24, 2.45) is 11.8 Å². The van der Waals surface area contributed by atoms with Crippen molar-refractivity contribution in [2.75, 3.05) is 7.11 Å². The zero-order valence-corrected chi connectivity index (χ0v) is 18.9. The third-order valence-corrected chi connectivity index (χ3v) is 7.96. The Morgan fingerprint density at radius 1 is 1.10 bits per heavy atom. The summed E-state index contributed by atoms with van der Waals surface area (Å²) in [6.45, 7) is 4.40. The molecule has 0 bridgehead atoms. The Morgan fingerprint density at radius 2 is 1.90 bits per heavy atom. The van der Waals surface area contributed by atoms with Gasteiger partial charge in [0.05, 0.1) is 11.4 Å². The fourth-order valence-corrected chi connectivity index (χ4v) is 6.23. The van der Waals surface area contributed by atoms with Crippen LogP contribution in [-0.2, 0) is 21.4 Å². The molecule has 1 aromatic carbocycles. The van der Waals surface area contributed by atoms with Gasteiger partial charge in [-0.25, -0.2) is 9.97 Å². The number of rotatable bonds is 3. The van der Waals surface area contributed by atoms with E-state index in [1.165, 1.54) is 24.0 Å². The van der Waals surface area contributed by atoms with Crippen molar-refractivity contribution >= 4 is 11.4 Å². The molecule has 1 unspecified atom stereocenters. The summed E-state index contributed by atoms with van der Waals surface area (Å²) in [5.41, 5.74) is 5.74. The van der Waals surface area contributed by atoms with Gasteiger partial charge >= 0.3 is 0 Å². The number of Topliss-reactive ketones (excluding diaryl/α,β-unsaturated/α-hetero) is 1. The molecule has 5 rings (SSSR count). The number of ether oxygens (including phenoxy) is 1. The molecule has 3 aliphatic rings. The molecule has 3 aliphatic carbocycles. The van der Waals surface area contributed by atoms with Crippen LogP contribution in [0.2, 0.25) is 0 Å². The second-order valence-electron chi connectivity index (χ2n) is 9.75. The van der Waals surface area contributed by atoms with Gasteiger partial charge in [0.25, 0.3) is 0 Å². The third kappa shape index (κ3) is 3.36. The molecule has 4 atom stereocenters. The zero-order valence-electron chi connectivity index (χ0n) is 18.9. The molecule has 31 heavy (non-hydrogen) atoms. The molecular weight excluding hydrogens is 384 g/mol. The lowest BCUT2D eigenvalue weighted by Crippen LogP contribution is -2.53. The molecule has 0 saturated heterocycles. The van der Waals surface area contributed by atoms with Gasteiger partial charge in [0.2, 0.25) is 0 Å². The summed E-state index contributed by atoms with van der Waals surface area (Å²) < 4.78 is 5.66. The van der Waals surface area contributed by atoms with Gasteiger partial charge < -0.3 is 4.74 Å². The van der Waals surface area contributed by atoms with E-state index < -0.39 is 0 Å². The van der Waals surface area contributed by atoms with Gasteiger partial charge in [-0.3, -0.25) is 4.79 Å². The number of fused-ring (bicyclic) bond motifs is 3. The number of hydrogen-bond acceptors (Lipinski definition) is 4. The van der Waals surface area contributed by atoms with Gasteiger partial charge in [-0.2, -0.15) is 0 Å². The molecule has 4 nitrogen and oxygen atoms in total. The molecule has 0 spiro atoms. The maximum atomic E-state index is 12.9. The molecule has 1 aromatic heterocycles. The minimum atomic E-state index is -0.352. The summed E-state index contributed by atoms with van der Waals surface area (Å²) in [6.07, 6.45) is 9.19. The molecule has 0 radical (unpaired) electrons. The highest BCUT2D eigenvalue weighted by Gasteiger charge is 2.53. The van der Waals surface area contributed by atoms with E-state index in [1.807, 2.05) is 0 Å². The first-order valence-electron chi connectivity index (χ1n) is 11.8. The SMILES string of the molecule is COC1C[C@@]2(C)c3nc(C4=CCCCC4)nc(-c4ccccc4)c3CC[C@@H]2[C@@H](C)C1=O. The number of carbonyl (C=O) groups is 1. The van der Waals surface area contributed by atoms with E-state index in [0.717, 1.165) is 48.5 Å². The van der Waals surface area contributed by atoms with Crippen LogP contribution in [0.4, 0.5) is 0 Å². The fourth-order valence-electron chi connectivity index (χ4n) is 6.23. The number of hydrogen-bond donors (Lipinski definition) is 0. The van der Waals surface area contributed by atoms with Crippen LogP contribution in [0, 0.1) is 11.8 Å². The standard InChI is InChI=1S/C27H32N2O2/c1-17-21-15-14-20-23(18-10-6-4-7-11-18)28-26(19-12-8-5-9-13-19)29-25(20)27(21,2)16-22(31-3)24(17)30/h4,6-7,10-12,17,21-22H,5,8-9,13-16H2,1-3H3/t17-,21-,22?,27-/m1/s1. The molecule has 4 heteroatoms. The highest BCUT2D eigenvalue weighted by molar-refractivity contribution is 5.87. The van der Waals surface area contributed by atoms with E-state index in [0.29, 0.717) is 12.3 Å². The first kappa shape index (κ1) is 20.6. The monoisotopic (exact) mass is 416 g/mol. The number of carbonyl (C=O) groups excluding carboxylic acids is 1. The number of ketones is 1. The number of nitrogens with zero attached hydrogens (tertiary/aromatic N) is 2. The van der Waals surface area contributed by atoms with Gasteiger partial charge in [0.1, 0.15) is 6.10 Å². The van der Waals surface area contributed by atoms with Crippen LogP contribution in [0.1, 0.15) is 69.5 Å². The van der Waals surface area contributed by atoms with Crippen molar-refractivity contribution in [3.05, 3.63) is 53.5 Å². The van der Waals surface area contributed by atoms with E-state index >= 15 is 0 Å². The highest BCUT2D eigenvalue weighted by atomic mass is 16.5. The van der Waals surface area contributed by atoms with Crippen molar-refractivity contribution in [3.8, 4) is 11.3 Å². The predicted molar refractivity (Wildman–Crippen MR) is 123 cm³/mol. The Balaban J connectivity index is 1.72. The fraction of sp³-hybridized carbons (Fsp3) is 0.519. The predicted octanol–water partition coefficient (Wildman–Crippen LogP) is 5.55. The lowest BCUT2D eigenvalue weighted by Gasteiger charge is -2.50. The molecule has 0 N–H and O–H groups in total. The third-order valence-electron chi connectivity index (χ3n) is 7.96. The molecule has 1 fully saturated rings. The smallest absolute Gasteiger partial charge is 0.164 e. The second-order valence-corrected chi connectivity index (χ2v) is 9.75. The van der Waals surface area contributed by atoms with Crippen molar-refractivity contribution in [1.29, 1.82) is 0 Å². The molecule has 2 aromatic rings. The first-order chi connectivity index (χ1) is 15.0. The zero-order chi connectivity index (χ0) is 21.6. The molecule has 1 heterocycles. The molecular formula is C27H32N2O2. The normalized spacial score (nSPS) is 30.4. The van der Waals surface area contributed by atoms with Crippen LogP contribution < -0.4 is 0 Å². The van der Waals surface area contributed by atoms with Crippen LogP contribution in [0.25, 0.3) is 16.8 Å². The summed E-state index contributed by atoms with van der Waals surface area (Å²) in [5, 5.41) is 0. The lowest BCUT2D eigenvalue weighted by molar-refractivity contribution is -0.143. The van der Waals surface area contributed by atoms with Gasteiger partial charge in [-0.15, -0.1) is 0 Å². The maximum absolute atomic E-state index is 12.9.